The Labute approximate surface area is 209 Å². The van der Waals surface area contributed by atoms with Crippen LogP contribution in [0.3, 0.4) is 0 Å². The van der Waals surface area contributed by atoms with Gasteiger partial charge in [0, 0.05) is 24.7 Å². The molecule has 5 fully saturated rings. The molecule has 0 aromatic heterocycles. The van der Waals surface area contributed by atoms with Crippen molar-refractivity contribution in [2.24, 2.45) is 40.4 Å². The summed E-state index contributed by atoms with van der Waals surface area (Å²) >= 11 is 0. The maximum atomic E-state index is 12.0. The molecule has 6 aliphatic rings. The molecule has 2 aliphatic heterocycles. The first-order chi connectivity index (χ1) is 16.4. The second-order valence-electron chi connectivity index (χ2n) is 13.7. The molecule has 2 heterocycles. The number of hydrogen-bond donors (Lipinski definition) is 2. The van der Waals surface area contributed by atoms with E-state index in [1.807, 2.05) is 13.8 Å². The van der Waals surface area contributed by atoms with Crippen molar-refractivity contribution in [2.45, 2.75) is 116 Å². The van der Waals surface area contributed by atoms with Crippen molar-refractivity contribution in [3.63, 3.8) is 0 Å². The average Bonchev–Trinajstić information content (AvgIpc) is 3.29. The van der Waals surface area contributed by atoms with Gasteiger partial charge < -0.3 is 24.4 Å². The molecule has 196 valence electrons. The molecule has 2 spiro atoms. The normalized spacial score (nSPS) is 54.3. The summed E-state index contributed by atoms with van der Waals surface area (Å²) in [5.41, 5.74) is 0.799. The maximum absolute atomic E-state index is 12.0. The van der Waals surface area contributed by atoms with E-state index >= 15 is 0 Å². The fourth-order valence-corrected chi connectivity index (χ4v) is 9.98. The Kier molecular flexibility index (Phi) is 5.42. The van der Waals surface area contributed by atoms with Crippen LogP contribution in [-0.2, 0) is 19.0 Å². The molecule has 0 bridgehead atoms. The smallest absolute Gasteiger partial charge is 0.303 e. The molecule has 6 heteroatoms. The van der Waals surface area contributed by atoms with Gasteiger partial charge in [-0.1, -0.05) is 25.5 Å². The number of fused-ring (bicyclic) bond motifs is 4. The van der Waals surface area contributed by atoms with Crippen molar-refractivity contribution in [2.75, 3.05) is 6.61 Å². The number of carbonyl (C=O) groups excluding carboxylic acids is 1. The summed E-state index contributed by atoms with van der Waals surface area (Å²) < 4.78 is 19.1. The van der Waals surface area contributed by atoms with Gasteiger partial charge in [0.1, 0.15) is 0 Å². The second kappa shape index (κ2) is 7.78. The van der Waals surface area contributed by atoms with E-state index < -0.39 is 23.6 Å². The van der Waals surface area contributed by atoms with E-state index in [-0.39, 0.29) is 34.7 Å². The molecule has 4 aliphatic carbocycles. The predicted octanol–water partition coefficient (Wildman–Crippen LogP) is 4.37. The summed E-state index contributed by atoms with van der Waals surface area (Å²) in [7, 11) is 0. The lowest BCUT2D eigenvalue weighted by molar-refractivity contribution is -0.349. The van der Waals surface area contributed by atoms with Gasteiger partial charge in [-0.25, -0.2) is 0 Å². The summed E-state index contributed by atoms with van der Waals surface area (Å²) in [4.78, 5) is 12.0. The van der Waals surface area contributed by atoms with Gasteiger partial charge in [0.05, 0.1) is 24.4 Å². The number of rotatable bonds is 1. The molecule has 11 atom stereocenters. The van der Waals surface area contributed by atoms with Gasteiger partial charge in [0.25, 0.3) is 0 Å². The van der Waals surface area contributed by atoms with Crippen molar-refractivity contribution in [3.05, 3.63) is 11.6 Å². The second-order valence-corrected chi connectivity index (χ2v) is 13.7. The lowest BCUT2D eigenvalue weighted by Crippen LogP contribution is -2.66. The Morgan fingerprint density at radius 2 is 1.89 bits per heavy atom. The fourth-order valence-electron chi connectivity index (χ4n) is 9.98. The highest BCUT2D eigenvalue weighted by Gasteiger charge is 2.71. The molecule has 0 aromatic rings. The van der Waals surface area contributed by atoms with Crippen molar-refractivity contribution in [3.8, 4) is 0 Å². The van der Waals surface area contributed by atoms with Crippen molar-refractivity contribution < 1.29 is 29.2 Å². The van der Waals surface area contributed by atoms with Crippen LogP contribution in [0.5, 0.6) is 0 Å². The fraction of sp³-hybridized carbons (Fsp3) is 0.897. The molecule has 6 nitrogen and oxygen atoms in total. The van der Waals surface area contributed by atoms with Gasteiger partial charge in [-0.05, 0) is 87.9 Å². The molecule has 2 N–H and O–H groups in total. The van der Waals surface area contributed by atoms with Gasteiger partial charge >= 0.3 is 5.97 Å². The third-order valence-electron chi connectivity index (χ3n) is 11.6. The highest BCUT2D eigenvalue weighted by atomic mass is 16.7. The number of allylic oxidation sites excluding steroid dienone is 1. The highest BCUT2D eigenvalue weighted by Crippen LogP contribution is 2.69. The van der Waals surface area contributed by atoms with Crippen LogP contribution in [0.4, 0.5) is 0 Å². The van der Waals surface area contributed by atoms with E-state index in [1.165, 1.54) is 12.5 Å². The number of aliphatic hydroxyl groups is 2. The van der Waals surface area contributed by atoms with E-state index in [2.05, 4.69) is 19.9 Å². The minimum atomic E-state index is -0.964. The lowest BCUT2D eigenvalue weighted by atomic mass is 9.44. The zero-order valence-corrected chi connectivity index (χ0v) is 22.1. The minimum absolute atomic E-state index is 0.0147. The van der Waals surface area contributed by atoms with Crippen LogP contribution in [-0.4, -0.2) is 52.5 Å². The minimum Gasteiger partial charge on any atom is -0.457 e. The number of aliphatic hydroxyl groups excluding tert-OH is 2. The first-order valence-corrected chi connectivity index (χ1v) is 14.0. The first-order valence-electron chi connectivity index (χ1n) is 14.0. The quantitative estimate of drug-likeness (QED) is 0.421. The number of hydrogen-bond acceptors (Lipinski definition) is 6. The molecule has 0 aromatic carbocycles. The topological polar surface area (TPSA) is 85.2 Å². The third-order valence-corrected chi connectivity index (χ3v) is 11.6. The van der Waals surface area contributed by atoms with Gasteiger partial charge in [-0.15, -0.1) is 0 Å². The SMILES string of the molecule is CC(=O)O[C@@H]1CC(C)(C)O[C@]12OC[C@]13C(=CC[C@@H]1[C@@H]2C)[C@@H]1CC[C@H]2C[C@@H](O)CC[C@]2(C)[C@H]1CC3O. The third kappa shape index (κ3) is 3.25. The standard InChI is InChI=1S/C29H44O6/c1-16-21-8-9-22-20-7-6-18-12-19(31)10-11-27(18,5)23(20)13-24(32)28(21,22)15-33-29(16)25(34-17(2)30)14-26(3,4)35-29/h9,16,18-21,23-25,31-32H,6-8,10-15H2,1-5H3/t16-,18-,19-,20-,21+,23-,24?,25+,27-,28+,29-/m0/s1. The van der Waals surface area contributed by atoms with E-state index in [9.17, 15) is 15.0 Å². The first kappa shape index (κ1) is 24.4. The summed E-state index contributed by atoms with van der Waals surface area (Å²) in [6.45, 7) is 10.6. The molecule has 1 unspecified atom stereocenters. The van der Waals surface area contributed by atoms with Crippen LogP contribution in [0.15, 0.2) is 11.6 Å². The molecule has 35 heavy (non-hydrogen) atoms. The van der Waals surface area contributed by atoms with Gasteiger partial charge in [0.15, 0.2) is 6.10 Å². The van der Waals surface area contributed by atoms with Gasteiger partial charge in [0.2, 0.25) is 5.79 Å². The summed E-state index contributed by atoms with van der Waals surface area (Å²) in [5, 5.41) is 22.3. The number of ether oxygens (including phenoxy) is 3. The van der Waals surface area contributed by atoms with Crippen molar-refractivity contribution in [1.29, 1.82) is 0 Å². The van der Waals surface area contributed by atoms with Crippen LogP contribution in [0, 0.1) is 40.4 Å². The van der Waals surface area contributed by atoms with Crippen LogP contribution >= 0.6 is 0 Å². The van der Waals surface area contributed by atoms with Crippen LogP contribution in [0.25, 0.3) is 0 Å². The van der Waals surface area contributed by atoms with Crippen LogP contribution < -0.4 is 0 Å². The van der Waals surface area contributed by atoms with Crippen LogP contribution in [0.1, 0.15) is 86.0 Å². The molecular weight excluding hydrogens is 444 g/mol. The average molecular weight is 489 g/mol. The molecule has 0 radical (unpaired) electrons. The van der Waals surface area contributed by atoms with E-state index in [4.69, 9.17) is 14.2 Å². The largest absolute Gasteiger partial charge is 0.457 e. The zero-order valence-electron chi connectivity index (χ0n) is 22.1. The van der Waals surface area contributed by atoms with Crippen LogP contribution in [0.2, 0.25) is 0 Å². The number of esters is 1. The Hall–Kier alpha value is -0.950. The van der Waals surface area contributed by atoms with Gasteiger partial charge in [-0.3, -0.25) is 4.79 Å². The molecule has 6 rings (SSSR count). The summed E-state index contributed by atoms with van der Waals surface area (Å²) in [6, 6.07) is 0. The highest BCUT2D eigenvalue weighted by molar-refractivity contribution is 5.66. The predicted molar refractivity (Wildman–Crippen MR) is 130 cm³/mol. The Morgan fingerprint density at radius 1 is 1.11 bits per heavy atom. The summed E-state index contributed by atoms with van der Waals surface area (Å²) in [5.74, 6) is 0.409. The maximum Gasteiger partial charge on any atom is 0.303 e. The van der Waals surface area contributed by atoms with E-state index in [1.54, 1.807) is 0 Å². The Balaban J connectivity index is 1.32. The van der Waals surface area contributed by atoms with E-state index in [0.29, 0.717) is 30.8 Å². The lowest BCUT2D eigenvalue weighted by Gasteiger charge is -2.63. The van der Waals surface area contributed by atoms with Crippen molar-refractivity contribution in [1.82, 2.24) is 0 Å². The summed E-state index contributed by atoms with van der Waals surface area (Å²) in [6.07, 6.45) is 8.86. The zero-order chi connectivity index (χ0) is 25.0. The Morgan fingerprint density at radius 3 is 2.63 bits per heavy atom. The Bertz CT molecular complexity index is 928. The molecular formula is C29H44O6. The molecule has 2 saturated heterocycles. The monoisotopic (exact) mass is 488 g/mol. The van der Waals surface area contributed by atoms with Crippen molar-refractivity contribution >= 4 is 5.97 Å². The molecule has 3 saturated carbocycles. The molecule has 0 amide bonds. The van der Waals surface area contributed by atoms with Gasteiger partial charge in [-0.2, -0.15) is 0 Å². The number of carbonyl (C=O) groups is 1. The van der Waals surface area contributed by atoms with E-state index in [0.717, 1.165) is 44.9 Å².